The molecule has 0 saturated heterocycles. The molecule has 0 radical (unpaired) electrons. The number of hydrogen-bond acceptors (Lipinski definition) is 3. The van der Waals surface area contributed by atoms with Crippen molar-refractivity contribution in [3.05, 3.63) is 94.5 Å². The molecule has 0 fully saturated rings. The first-order valence-electron chi connectivity index (χ1n) is 10.4. The van der Waals surface area contributed by atoms with Crippen molar-refractivity contribution in [1.82, 2.24) is 5.32 Å². The van der Waals surface area contributed by atoms with Crippen LogP contribution in [-0.2, 0) is 11.3 Å². The minimum Gasteiger partial charge on any atom is -0.480 e. The van der Waals surface area contributed by atoms with Gasteiger partial charge >= 0.3 is 5.97 Å². The van der Waals surface area contributed by atoms with E-state index in [9.17, 15) is 15.0 Å². The number of carboxylic acids is 1. The van der Waals surface area contributed by atoms with E-state index >= 15 is 0 Å². The summed E-state index contributed by atoms with van der Waals surface area (Å²) in [6.07, 6.45) is 4.22. The van der Waals surface area contributed by atoms with Crippen molar-refractivity contribution < 1.29 is 15.0 Å². The highest BCUT2D eigenvalue weighted by atomic mass is 16.4. The number of benzene rings is 3. The van der Waals surface area contributed by atoms with E-state index in [1.165, 1.54) is 23.6 Å². The number of carbonyl (C=O) groups is 1. The monoisotopic (exact) mass is 415 g/mol. The van der Waals surface area contributed by atoms with Crippen LogP contribution in [0.4, 0.5) is 0 Å². The quantitative estimate of drug-likeness (QED) is 0.450. The molecular weight excluding hydrogens is 386 g/mol. The van der Waals surface area contributed by atoms with Crippen LogP contribution in [0.5, 0.6) is 0 Å². The predicted molar refractivity (Wildman–Crippen MR) is 127 cm³/mol. The second-order valence-corrected chi connectivity index (χ2v) is 8.06. The molecule has 0 saturated carbocycles. The van der Waals surface area contributed by atoms with Gasteiger partial charge in [0.15, 0.2) is 0 Å². The van der Waals surface area contributed by atoms with Crippen LogP contribution in [-0.4, -0.2) is 28.3 Å². The molecule has 0 amide bonds. The summed E-state index contributed by atoms with van der Waals surface area (Å²) in [6.45, 7) is 5.55. The Morgan fingerprint density at radius 3 is 2.35 bits per heavy atom. The molecule has 3 aromatic carbocycles. The number of aliphatic hydroxyl groups is 1. The Balaban J connectivity index is 1.83. The third-order valence-electron chi connectivity index (χ3n) is 5.72. The van der Waals surface area contributed by atoms with Crippen LogP contribution in [0.25, 0.3) is 23.3 Å². The summed E-state index contributed by atoms with van der Waals surface area (Å²) < 4.78 is 0. The van der Waals surface area contributed by atoms with Gasteiger partial charge in [0, 0.05) is 6.54 Å². The zero-order valence-corrected chi connectivity index (χ0v) is 18.2. The van der Waals surface area contributed by atoms with Gasteiger partial charge in [-0.25, -0.2) is 0 Å². The van der Waals surface area contributed by atoms with E-state index in [2.05, 4.69) is 67.7 Å². The lowest BCUT2D eigenvalue weighted by atomic mass is 9.95. The van der Waals surface area contributed by atoms with Crippen LogP contribution >= 0.6 is 0 Å². The fourth-order valence-electron chi connectivity index (χ4n) is 3.42. The molecule has 0 heterocycles. The fourth-order valence-corrected chi connectivity index (χ4v) is 3.42. The Morgan fingerprint density at radius 2 is 1.68 bits per heavy atom. The highest BCUT2D eigenvalue weighted by Crippen LogP contribution is 2.27. The minimum absolute atomic E-state index is 0.354. The molecule has 0 aromatic heterocycles. The first-order valence-corrected chi connectivity index (χ1v) is 10.4. The van der Waals surface area contributed by atoms with Gasteiger partial charge in [-0.05, 0) is 59.7 Å². The van der Waals surface area contributed by atoms with Crippen molar-refractivity contribution >= 4 is 18.1 Å². The Morgan fingerprint density at radius 1 is 0.968 bits per heavy atom. The molecule has 0 aliphatic carbocycles. The van der Waals surface area contributed by atoms with Gasteiger partial charge < -0.3 is 10.2 Å². The van der Waals surface area contributed by atoms with Crippen LogP contribution in [0.1, 0.15) is 34.7 Å². The summed E-state index contributed by atoms with van der Waals surface area (Å²) >= 11 is 0. The summed E-state index contributed by atoms with van der Waals surface area (Å²) in [4.78, 5) is 11.4. The summed E-state index contributed by atoms with van der Waals surface area (Å²) in [6, 6.07) is 22.7. The zero-order valence-electron chi connectivity index (χ0n) is 18.2. The second-order valence-electron chi connectivity index (χ2n) is 8.06. The molecule has 3 aromatic rings. The summed E-state index contributed by atoms with van der Waals surface area (Å²) in [5, 5.41) is 21.7. The molecule has 0 bridgehead atoms. The van der Waals surface area contributed by atoms with E-state index in [4.69, 9.17) is 0 Å². The number of nitrogens with one attached hydrogen (secondary N) is 1. The van der Waals surface area contributed by atoms with Gasteiger partial charge in [0.25, 0.3) is 0 Å². The minimum atomic E-state index is -1.37. The maximum atomic E-state index is 11.4. The molecule has 3 rings (SSSR count). The van der Waals surface area contributed by atoms with Crippen LogP contribution < -0.4 is 5.32 Å². The predicted octanol–water partition coefficient (Wildman–Crippen LogP) is 5.07. The van der Waals surface area contributed by atoms with E-state index in [0.717, 1.165) is 22.3 Å². The van der Waals surface area contributed by atoms with Gasteiger partial charge in [-0.2, -0.15) is 0 Å². The first-order chi connectivity index (χ1) is 14.8. The Hall–Kier alpha value is -3.21. The topological polar surface area (TPSA) is 69.6 Å². The lowest BCUT2D eigenvalue weighted by Crippen LogP contribution is -2.52. The molecule has 0 spiro atoms. The van der Waals surface area contributed by atoms with E-state index < -0.39 is 18.1 Å². The molecule has 0 aliphatic rings. The maximum absolute atomic E-state index is 11.4. The third-order valence-corrected chi connectivity index (χ3v) is 5.72. The molecule has 4 heteroatoms. The molecule has 4 nitrogen and oxygen atoms in total. The average molecular weight is 416 g/mol. The van der Waals surface area contributed by atoms with Crippen molar-refractivity contribution in [3.8, 4) is 11.1 Å². The molecule has 3 N–H and O–H groups in total. The van der Waals surface area contributed by atoms with E-state index in [0.29, 0.717) is 6.54 Å². The van der Waals surface area contributed by atoms with Gasteiger partial charge in [0.2, 0.25) is 0 Å². The van der Waals surface area contributed by atoms with Crippen molar-refractivity contribution in [1.29, 1.82) is 0 Å². The first kappa shape index (κ1) is 22.5. The molecule has 31 heavy (non-hydrogen) atoms. The van der Waals surface area contributed by atoms with Crippen LogP contribution in [0.15, 0.2) is 66.7 Å². The standard InChI is InChI=1S/C27H29NO3/c1-19-12-13-21(17-28-27(3,18-29)26(30)31)16-24(19)15-14-22-10-7-11-25(20(22)2)23-8-5-4-6-9-23/h4-16,28-29H,17-18H2,1-3H3,(H,30,31)/b15-14+/t27-/m0/s1. The number of aliphatic carboxylic acids is 1. The SMILES string of the molecule is Cc1ccc(CN[C@@](C)(CO)C(=O)O)cc1/C=C/c1cccc(-c2ccccc2)c1C. The smallest absolute Gasteiger partial charge is 0.326 e. The van der Waals surface area contributed by atoms with Crippen LogP contribution in [0, 0.1) is 13.8 Å². The van der Waals surface area contributed by atoms with Gasteiger partial charge in [0.1, 0.15) is 5.54 Å². The van der Waals surface area contributed by atoms with Crippen molar-refractivity contribution in [3.63, 3.8) is 0 Å². The molecular formula is C27H29NO3. The lowest BCUT2D eigenvalue weighted by molar-refractivity contribution is -0.145. The van der Waals surface area contributed by atoms with Crippen molar-refractivity contribution in [2.75, 3.05) is 6.61 Å². The van der Waals surface area contributed by atoms with Crippen LogP contribution in [0.2, 0.25) is 0 Å². The van der Waals surface area contributed by atoms with Gasteiger partial charge in [-0.15, -0.1) is 0 Å². The zero-order chi connectivity index (χ0) is 22.4. The lowest BCUT2D eigenvalue weighted by Gasteiger charge is -2.24. The number of aryl methyl sites for hydroxylation is 1. The maximum Gasteiger partial charge on any atom is 0.326 e. The van der Waals surface area contributed by atoms with E-state index in [1.54, 1.807) is 0 Å². The Labute approximate surface area is 183 Å². The highest BCUT2D eigenvalue weighted by Gasteiger charge is 2.31. The number of aliphatic hydroxyl groups excluding tert-OH is 1. The summed E-state index contributed by atoms with van der Waals surface area (Å²) in [5.41, 5.74) is 6.60. The third kappa shape index (κ3) is 5.29. The van der Waals surface area contributed by atoms with Gasteiger partial charge in [-0.1, -0.05) is 78.9 Å². The molecule has 0 aliphatic heterocycles. The number of carboxylic acid groups (broad SMARTS) is 1. The van der Waals surface area contributed by atoms with Gasteiger partial charge in [0.05, 0.1) is 6.61 Å². The van der Waals surface area contributed by atoms with Gasteiger partial charge in [-0.3, -0.25) is 10.1 Å². The average Bonchev–Trinajstić information content (AvgIpc) is 2.78. The Kier molecular flexibility index (Phi) is 7.06. The molecule has 160 valence electrons. The fraction of sp³-hybridized carbons (Fsp3) is 0.222. The molecule has 0 unspecified atom stereocenters. The van der Waals surface area contributed by atoms with E-state index in [-0.39, 0.29) is 0 Å². The summed E-state index contributed by atoms with van der Waals surface area (Å²) in [5.74, 6) is -1.07. The number of hydrogen-bond donors (Lipinski definition) is 3. The van der Waals surface area contributed by atoms with Crippen molar-refractivity contribution in [2.45, 2.75) is 32.9 Å². The number of rotatable bonds is 8. The largest absolute Gasteiger partial charge is 0.480 e. The summed E-state index contributed by atoms with van der Waals surface area (Å²) in [7, 11) is 0. The second kappa shape index (κ2) is 9.73. The molecule has 1 atom stereocenters. The van der Waals surface area contributed by atoms with Crippen molar-refractivity contribution in [2.24, 2.45) is 0 Å². The normalized spacial score (nSPS) is 13.3. The van der Waals surface area contributed by atoms with E-state index in [1.807, 2.05) is 30.3 Å². The highest BCUT2D eigenvalue weighted by molar-refractivity contribution is 5.79. The Bertz CT molecular complexity index is 1090. The van der Waals surface area contributed by atoms with Crippen LogP contribution in [0.3, 0.4) is 0 Å².